The smallest absolute Gasteiger partial charge is 0.277 e. The first-order chi connectivity index (χ1) is 12.5. The van der Waals surface area contributed by atoms with E-state index in [0.717, 1.165) is 32.4 Å². The van der Waals surface area contributed by atoms with Gasteiger partial charge in [-0.25, -0.2) is 0 Å². The van der Waals surface area contributed by atoms with Crippen LogP contribution in [-0.4, -0.2) is 55.0 Å². The lowest BCUT2D eigenvalue weighted by molar-refractivity contribution is -0.137. The van der Waals surface area contributed by atoms with E-state index in [1.54, 1.807) is 25.3 Å². The Morgan fingerprint density at radius 1 is 1.08 bits per heavy atom. The average Bonchev–Trinajstić information content (AvgIpc) is 2.87. The molecule has 0 N–H and O–H groups in total. The highest BCUT2D eigenvalue weighted by Gasteiger charge is 2.42. The number of carbonyl (C=O) groups excluding carboxylic acids is 2. The van der Waals surface area contributed by atoms with Crippen LogP contribution >= 0.6 is 23.2 Å². The molecule has 0 aromatic heterocycles. The fraction of sp³-hybridized carbons (Fsp3) is 0.474. The molecule has 0 saturated carbocycles. The van der Waals surface area contributed by atoms with Crippen molar-refractivity contribution >= 4 is 40.6 Å². The zero-order valence-electron chi connectivity index (χ0n) is 14.8. The summed E-state index contributed by atoms with van der Waals surface area (Å²) >= 11 is 12.4. The SMILES string of the molecule is COCCCN1C(=O)C(c2ccc(Cl)cc2Cl)=C(N2CCCCC2)C1=O. The minimum atomic E-state index is -0.295. The van der Waals surface area contributed by atoms with Crippen molar-refractivity contribution < 1.29 is 14.3 Å². The molecule has 2 amide bonds. The average molecular weight is 397 g/mol. The van der Waals surface area contributed by atoms with E-state index in [4.69, 9.17) is 27.9 Å². The van der Waals surface area contributed by atoms with Crippen LogP contribution in [0.5, 0.6) is 0 Å². The molecule has 0 radical (unpaired) electrons. The van der Waals surface area contributed by atoms with Gasteiger partial charge in [-0.2, -0.15) is 0 Å². The van der Waals surface area contributed by atoms with E-state index in [1.165, 1.54) is 4.90 Å². The van der Waals surface area contributed by atoms with E-state index in [9.17, 15) is 9.59 Å². The third-order valence-electron chi connectivity index (χ3n) is 4.75. The van der Waals surface area contributed by atoms with E-state index in [1.807, 2.05) is 4.90 Å². The molecular weight excluding hydrogens is 375 g/mol. The van der Waals surface area contributed by atoms with Gasteiger partial charge in [-0.15, -0.1) is 0 Å². The molecule has 5 nitrogen and oxygen atoms in total. The van der Waals surface area contributed by atoms with Gasteiger partial charge in [0, 0.05) is 43.9 Å². The van der Waals surface area contributed by atoms with Crippen LogP contribution in [0.1, 0.15) is 31.2 Å². The maximum absolute atomic E-state index is 13.1. The normalized spacial score (nSPS) is 18.3. The van der Waals surface area contributed by atoms with Crippen molar-refractivity contribution in [2.75, 3.05) is 33.4 Å². The summed E-state index contributed by atoms with van der Waals surface area (Å²) in [5, 5.41) is 0.870. The monoisotopic (exact) mass is 396 g/mol. The summed E-state index contributed by atoms with van der Waals surface area (Å²) in [4.78, 5) is 29.5. The fourth-order valence-electron chi connectivity index (χ4n) is 3.48. The molecule has 0 aliphatic carbocycles. The minimum absolute atomic E-state index is 0.242. The lowest BCUT2D eigenvalue weighted by Gasteiger charge is -2.29. The number of imide groups is 1. The molecule has 0 bridgehead atoms. The quantitative estimate of drug-likeness (QED) is 0.544. The summed E-state index contributed by atoms with van der Waals surface area (Å²) in [6, 6.07) is 5.01. The van der Waals surface area contributed by atoms with Gasteiger partial charge in [-0.05, 0) is 37.8 Å². The Balaban J connectivity index is 2.02. The molecule has 2 aliphatic rings. The Kier molecular flexibility index (Phi) is 6.22. The van der Waals surface area contributed by atoms with Crippen molar-refractivity contribution in [1.29, 1.82) is 0 Å². The highest BCUT2D eigenvalue weighted by molar-refractivity contribution is 6.41. The summed E-state index contributed by atoms with van der Waals surface area (Å²) in [5.41, 5.74) is 1.41. The number of hydrogen-bond donors (Lipinski definition) is 0. The van der Waals surface area contributed by atoms with Crippen molar-refractivity contribution in [3.05, 3.63) is 39.5 Å². The summed E-state index contributed by atoms with van der Waals surface area (Å²) in [6.07, 6.45) is 3.76. The van der Waals surface area contributed by atoms with E-state index in [-0.39, 0.29) is 11.8 Å². The van der Waals surface area contributed by atoms with Crippen LogP contribution in [0.2, 0.25) is 10.0 Å². The van der Waals surface area contributed by atoms with Gasteiger partial charge >= 0.3 is 0 Å². The number of halogens is 2. The van der Waals surface area contributed by atoms with Crippen LogP contribution in [-0.2, 0) is 14.3 Å². The molecule has 2 heterocycles. The molecule has 7 heteroatoms. The Labute approximate surface area is 163 Å². The molecule has 26 heavy (non-hydrogen) atoms. The molecule has 1 aromatic rings. The minimum Gasteiger partial charge on any atom is -0.385 e. The third kappa shape index (κ3) is 3.75. The van der Waals surface area contributed by atoms with Gasteiger partial charge in [0.1, 0.15) is 5.70 Å². The van der Waals surface area contributed by atoms with E-state index in [0.29, 0.717) is 46.5 Å². The topological polar surface area (TPSA) is 49.9 Å². The van der Waals surface area contributed by atoms with E-state index < -0.39 is 0 Å². The first-order valence-corrected chi connectivity index (χ1v) is 9.60. The fourth-order valence-corrected chi connectivity index (χ4v) is 3.98. The van der Waals surface area contributed by atoms with Crippen molar-refractivity contribution in [3.8, 4) is 0 Å². The third-order valence-corrected chi connectivity index (χ3v) is 5.29. The maximum Gasteiger partial charge on any atom is 0.277 e. The zero-order chi connectivity index (χ0) is 18.7. The highest BCUT2D eigenvalue weighted by atomic mass is 35.5. The zero-order valence-corrected chi connectivity index (χ0v) is 16.3. The summed E-state index contributed by atoms with van der Waals surface area (Å²) in [6.45, 7) is 2.37. The number of rotatable bonds is 6. The largest absolute Gasteiger partial charge is 0.385 e. The molecule has 3 rings (SSSR count). The predicted octanol–water partition coefficient (Wildman–Crippen LogP) is 3.60. The summed E-state index contributed by atoms with van der Waals surface area (Å²) < 4.78 is 5.05. The molecule has 0 atom stereocenters. The number of likely N-dealkylation sites (tertiary alicyclic amines) is 1. The van der Waals surface area contributed by atoms with Gasteiger partial charge in [0.15, 0.2) is 0 Å². The van der Waals surface area contributed by atoms with Gasteiger partial charge in [0.05, 0.1) is 10.6 Å². The first kappa shape index (κ1) is 19.2. The van der Waals surface area contributed by atoms with E-state index >= 15 is 0 Å². The Morgan fingerprint density at radius 3 is 2.46 bits per heavy atom. The highest BCUT2D eigenvalue weighted by Crippen LogP contribution is 2.37. The predicted molar refractivity (Wildman–Crippen MR) is 102 cm³/mol. The van der Waals surface area contributed by atoms with Crippen molar-refractivity contribution in [1.82, 2.24) is 9.80 Å². The number of ether oxygens (including phenoxy) is 1. The summed E-state index contributed by atoms with van der Waals surface area (Å²) in [7, 11) is 1.60. The molecule has 140 valence electrons. The molecule has 2 aliphatic heterocycles. The number of carbonyl (C=O) groups is 2. The summed E-state index contributed by atoms with van der Waals surface area (Å²) in [5.74, 6) is -0.537. The van der Waals surface area contributed by atoms with Crippen LogP contribution in [0.3, 0.4) is 0 Å². The van der Waals surface area contributed by atoms with E-state index in [2.05, 4.69) is 0 Å². The molecule has 1 aromatic carbocycles. The van der Waals surface area contributed by atoms with Crippen LogP contribution < -0.4 is 0 Å². The molecular formula is C19H22Cl2N2O3. The second-order valence-electron chi connectivity index (χ2n) is 6.50. The number of piperidine rings is 1. The number of methoxy groups -OCH3 is 1. The van der Waals surface area contributed by atoms with Gasteiger partial charge in [-0.1, -0.05) is 29.3 Å². The van der Waals surface area contributed by atoms with Gasteiger partial charge < -0.3 is 9.64 Å². The second-order valence-corrected chi connectivity index (χ2v) is 7.35. The lowest BCUT2D eigenvalue weighted by Crippen LogP contribution is -2.37. The van der Waals surface area contributed by atoms with Gasteiger partial charge in [0.2, 0.25) is 0 Å². The lowest BCUT2D eigenvalue weighted by atomic mass is 10.0. The second kappa shape index (κ2) is 8.42. The van der Waals surface area contributed by atoms with Crippen LogP contribution in [0.15, 0.2) is 23.9 Å². The van der Waals surface area contributed by atoms with Gasteiger partial charge in [0.25, 0.3) is 11.8 Å². The number of nitrogens with zero attached hydrogens (tertiary/aromatic N) is 2. The van der Waals surface area contributed by atoms with Crippen molar-refractivity contribution in [3.63, 3.8) is 0 Å². The molecule has 0 spiro atoms. The van der Waals surface area contributed by atoms with Crippen molar-refractivity contribution in [2.45, 2.75) is 25.7 Å². The van der Waals surface area contributed by atoms with Gasteiger partial charge in [-0.3, -0.25) is 14.5 Å². The maximum atomic E-state index is 13.1. The Bertz CT molecular complexity index is 742. The van der Waals surface area contributed by atoms with Crippen LogP contribution in [0, 0.1) is 0 Å². The van der Waals surface area contributed by atoms with Crippen molar-refractivity contribution in [2.24, 2.45) is 0 Å². The van der Waals surface area contributed by atoms with Crippen LogP contribution in [0.4, 0.5) is 0 Å². The molecule has 1 saturated heterocycles. The number of amides is 2. The standard InChI is InChI=1S/C19H22Cl2N2O3/c1-26-11-5-10-23-18(24)16(14-7-6-13(20)12-15(14)21)17(19(23)25)22-8-3-2-4-9-22/h6-7,12H,2-5,8-11H2,1H3. The molecule has 1 fully saturated rings. The molecule has 0 unspecified atom stereocenters. The Morgan fingerprint density at radius 2 is 1.81 bits per heavy atom. The first-order valence-electron chi connectivity index (χ1n) is 8.84. The Hall–Kier alpha value is -1.56. The number of hydrogen-bond acceptors (Lipinski definition) is 4. The number of benzene rings is 1. The van der Waals surface area contributed by atoms with Crippen LogP contribution in [0.25, 0.3) is 5.57 Å².